The first-order valence-electron chi connectivity index (χ1n) is 14.5. The van der Waals surface area contributed by atoms with E-state index >= 15 is 4.39 Å². The van der Waals surface area contributed by atoms with Gasteiger partial charge in [0, 0.05) is 47.8 Å². The zero-order valence-electron chi connectivity index (χ0n) is 25.0. The van der Waals surface area contributed by atoms with Crippen LogP contribution in [0.15, 0.2) is 91.1 Å². The summed E-state index contributed by atoms with van der Waals surface area (Å²) in [5, 5.41) is 8.93. The van der Waals surface area contributed by atoms with Crippen LogP contribution >= 0.6 is 0 Å². The molecule has 2 amide bonds. The van der Waals surface area contributed by atoms with Crippen molar-refractivity contribution in [3.8, 4) is 23.0 Å². The molecule has 9 nitrogen and oxygen atoms in total. The fourth-order valence-corrected chi connectivity index (χ4v) is 4.92. The number of hydrogen-bond donors (Lipinski definition) is 3. The highest BCUT2D eigenvalue weighted by Gasteiger charge is 2.56. The van der Waals surface area contributed by atoms with Crippen LogP contribution in [0.3, 0.4) is 0 Å². The Labute approximate surface area is 263 Å². The molecule has 1 aliphatic carbocycles. The van der Waals surface area contributed by atoms with E-state index in [2.05, 4.69) is 20.9 Å². The molecule has 0 radical (unpaired) electrons. The van der Waals surface area contributed by atoms with Crippen molar-refractivity contribution in [2.75, 3.05) is 30.1 Å². The lowest BCUT2D eigenvalue weighted by molar-refractivity contribution is -0.131. The number of methoxy groups -OCH3 is 1. The van der Waals surface area contributed by atoms with Crippen molar-refractivity contribution in [1.82, 2.24) is 4.98 Å². The van der Waals surface area contributed by atoms with Gasteiger partial charge < -0.3 is 30.2 Å². The number of fused-ring (bicyclic) bond motifs is 1. The highest BCUT2D eigenvalue weighted by atomic mass is 19.1. The Hall–Kier alpha value is -5.71. The largest absolute Gasteiger partial charge is 0.493 e. The molecule has 46 heavy (non-hydrogen) atoms. The van der Waals surface area contributed by atoms with Crippen molar-refractivity contribution >= 4 is 39.8 Å². The number of amides is 2. The van der Waals surface area contributed by atoms with E-state index < -0.39 is 28.9 Å². The summed E-state index contributed by atoms with van der Waals surface area (Å²) >= 11 is 0. The molecular weight excluding hydrogens is 594 g/mol. The molecule has 6 rings (SSSR count). The maximum atomic E-state index is 15.2. The van der Waals surface area contributed by atoms with Crippen LogP contribution in [-0.4, -0.2) is 31.0 Å². The second-order valence-corrected chi connectivity index (χ2v) is 10.8. The Morgan fingerprint density at radius 3 is 2.11 bits per heavy atom. The fourth-order valence-electron chi connectivity index (χ4n) is 4.92. The second-order valence-electron chi connectivity index (χ2n) is 10.8. The summed E-state index contributed by atoms with van der Waals surface area (Å²) in [6.07, 6.45) is 2.22. The Balaban J connectivity index is 1.14. The number of anilines is 3. The average molecular weight is 625 g/mol. The van der Waals surface area contributed by atoms with Crippen LogP contribution in [0.2, 0.25) is 0 Å². The first-order valence-corrected chi connectivity index (χ1v) is 14.5. The van der Waals surface area contributed by atoms with Gasteiger partial charge in [0.1, 0.15) is 23.6 Å². The Morgan fingerprint density at radius 1 is 0.783 bits per heavy atom. The van der Waals surface area contributed by atoms with Gasteiger partial charge in [-0.1, -0.05) is 12.1 Å². The normalized spacial score (nSPS) is 13.0. The molecule has 1 fully saturated rings. The molecule has 0 bridgehead atoms. The SMILES string of the molecule is CNc1ccc(COc2cc3nccc(Oc4ccc(NC(=O)C5(C(=O)Nc6ccc(F)cc6)CC5)cc4F)c3cc2OC)cc1. The van der Waals surface area contributed by atoms with Crippen molar-refractivity contribution < 1.29 is 32.6 Å². The zero-order chi connectivity index (χ0) is 32.3. The molecule has 3 N–H and O–H groups in total. The maximum Gasteiger partial charge on any atom is 0.240 e. The number of nitrogens with one attached hydrogen (secondary N) is 3. The molecule has 0 spiro atoms. The molecule has 0 unspecified atom stereocenters. The van der Waals surface area contributed by atoms with Gasteiger partial charge in [-0.25, -0.2) is 8.78 Å². The van der Waals surface area contributed by atoms with Gasteiger partial charge in [-0.05, 0) is 79.1 Å². The number of nitrogens with zero attached hydrogens (tertiary/aromatic N) is 1. The monoisotopic (exact) mass is 624 g/mol. The Kier molecular flexibility index (Phi) is 8.39. The van der Waals surface area contributed by atoms with Gasteiger partial charge in [0.15, 0.2) is 23.1 Å². The smallest absolute Gasteiger partial charge is 0.240 e. The van der Waals surface area contributed by atoms with E-state index in [9.17, 15) is 14.0 Å². The molecular formula is C35H30F2N4O5. The number of carbonyl (C=O) groups excluding carboxylic acids is 2. The highest BCUT2D eigenvalue weighted by molar-refractivity contribution is 6.16. The third kappa shape index (κ3) is 6.39. The summed E-state index contributed by atoms with van der Waals surface area (Å²) in [6.45, 7) is 0.316. The molecule has 1 aromatic heterocycles. The van der Waals surface area contributed by atoms with E-state index in [-0.39, 0.29) is 11.4 Å². The molecule has 0 saturated heterocycles. The summed E-state index contributed by atoms with van der Waals surface area (Å²) < 4.78 is 46.0. The van der Waals surface area contributed by atoms with Crippen molar-refractivity contribution in [2.45, 2.75) is 19.4 Å². The van der Waals surface area contributed by atoms with Gasteiger partial charge >= 0.3 is 0 Å². The molecule has 1 heterocycles. The summed E-state index contributed by atoms with van der Waals surface area (Å²) in [6, 6.07) is 22.2. The minimum absolute atomic E-state index is 0.0787. The fraction of sp³-hybridized carbons (Fsp3) is 0.171. The minimum atomic E-state index is -1.28. The second kappa shape index (κ2) is 12.7. The van der Waals surface area contributed by atoms with Crippen LogP contribution in [0.1, 0.15) is 18.4 Å². The first kappa shape index (κ1) is 30.3. The highest BCUT2D eigenvalue weighted by Crippen LogP contribution is 2.47. The van der Waals surface area contributed by atoms with E-state index in [1.54, 1.807) is 24.4 Å². The van der Waals surface area contributed by atoms with Crippen LogP contribution < -0.4 is 30.2 Å². The van der Waals surface area contributed by atoms with E-state index in [1.807, 2.05) is 31.3 Å². The van der Waals surface area contributed by atoms with Crippen LogP contribution in [0.4, 0.5) is 25.8 Å². The Morgan fingerprint density at radius 2 is 1.46 bits per heavy atom. The van der Waals surface area contributed by atoms with Gasteiger partial charge in [0.05, 0.1) is 12.6 Å². The van der Waals surface area contributed by atoms with Gasteiger partial charge in [-0.3, -0.25) is 14.6 Å². The summed E-state index contributed by atoms with van der Waals surface area (Å²) in [4.78, 5) is 30.3. The lowest BCUT2D eigenvalue weighted by atomic mass is 10.0. The van der Waals surface area contributed by atoms with E-state index in [0.717, 1.165) is 17.3 Å². The van der Waals surface area contributed by atoms with Crippen LogP contribution in [0, 0.1) is 17.0 Å². The van der Waals surface area contributed by atoms with Gasteiger partial charge in [-0.2, -0.15) is 0 Å². The van der Waals surface area contributed by atoms with E-state index in [0.29, 0.717) is 53.3 Å². The summed E-state index contributed by atoms with van der Waals surface area (Å²) in [5.41, 5.74) is 1.78. The minimum Gasteiger partial charge on any atom is -0.493 e. The molecule has 4 aromatic carbocycles. The first-order chi connectivity index (χ1) is 22.3. The molecule has 1 saturated carbocycles. The number of pyridine rings is 1. The number of ether oxygens (including phenoxy) is 3. The predicted molar refractivity (Wildman–Crippen MR) is 170 cm³/mol. The van der Waals surface area contributed by atoms with Crippen molar-refractivity contribution in [1.29, 1.82) is 0 Å². The number of carbonyl (C=O) groups is 2. The maximum absolute atomic E-state index is 15.2. The van der Waals surface area contributed by atoms with Crippen LogP contribution in [0.5, 0.6) is 23.0 Å². The van der Waals surface area contributed by atoms with Crippen molar-refractivity contribution in [3.63, 3.8) is 0 Å². The lowest BCUT2D eigenvalue weighted by Crippen LogP contribution is -2.35. The topological polar surface area (TPSA) is 111 Å². The molecule has 11 heteroatoms. The number of aromatic nitrogens is 1. The van der Waals surface area contributed by atoms with Crippen LogP contribution in [0.25, 0.3) is 10.9 Å². The predicted octanol–water partition coefficient (Wildman–Crippen LogP) is 7.29. The van der Waals surface area contributed by atoms with Gasteiger partial charge in [0.25, 0.3) is 0 Å². The quantitative estimate of drug-likeness (QED) is 0.132. The van der Waals surface area contributed by atoms with Crippen molar-refractivity contribution in [2.24, 2.45) is 5.41 Å². The average Bonchev–Trinajstić information content (AvgIpc) is 3.89. The number of hydrogen-bond acceptors (Lipinski definition) is 7. The number of halogens is 2. The van der Waals surface area contributed by atoms with Gasteiger partial charge in [0.2, 0.25) is 11.8 Å². The third-order valence-corrected chi connectivity index (χ3v) is 7.75. The number of benzene rings is 4. The standard InChI is InChI=1S/C35H30F2N4O5/c1-38-23-7-3-21(4-8-23)20-45-32-19-28-26(18-31(32)44-2)29(13-16-39-28)46-30-12-11-25(17-27(30)37)41-34(43)35(14-15-35)33(42)40-24-9-5-22(36)6-10-24/h3-13,16-19,38H,14-15,20H2,1-2H3,(H,40,42)(H,41,43). The Bertz CT molecular complexity index is 1910. The lowest BCUT2D eigenvalue weighted by Gasteiger charge is -2.16. The zero-order valence-corrected chi connectivity index (χ0v) is 25.0. The van der Waals surface area contributed by atoms with Gasteiger partial charge in [-0.15, -0.1) is 0 Å². The van der Waals surface area contributed by atoms with E-state index in [1.165, 1.54) is 43.5 Å². The van der Waals surface area contributed by atoms with Crippen molar-refractivity contribution in [3.05, 3.63) is 108 Å². The van der Waals surface area contributed by atoms with E-state index in [4.69, 9.17) is 14.2 Å². The molecule has 234 valence electrons. The molecule has 0 aliphatic heterocycles. The molecule has 5 aromatic rings. The summed E-state index contributed by atoms with van der Waals surface area (Å²) in [5.74, 6) is -1.02. The summed E-state index contributed by atoms with van der Waals surface area (Å²) in [7, 11) is 3.38. The molecule has 0 atom stereocenters. The molecule has 1 aliphatic rings. The van der Waals surface area contributed by atoms with Crippen LogP contribution in [-0.2, 0) is 16.2 Å². The number of rotatable bonds is 11. The third-order valence-electron chi connectivity index (χ3n) is 7.75.